The molecule has 0 spiro atoms. The molecule has 1 fully saturated rings. The number of fused-ring (bicyclic) bond motifs is 1. The molecule has 2 atom stereocenters. The van der Waals surface area contributed by atoms with Gasteiger partial charge in [0, 0.05) is 36.1 Å². The first kappa shape index (κ1) is 18.8. The van der Waals surface area contributed by atoms with E-state index in [1.807, 2.05) is 26.0 Å². The molecule has 2 amide bonds. The summed E-state index contributed by atoms with van der Waals surface area (Å²) in [7, 11) is 0. The molecular formula is C21H22N6O2. The van der Waals surface area contributed by atoms with E-state index < -0.39 is 17.2 Å². The van der Waals surface area contributed by atoms with Crippen molar-refractivity contribution in [2.45, 2.75) is 25.7 Å². The highest BCUT2D eigenvalue weighted by Crippen LogP contribution is 2.54. The molecular weight excluding hydrogens is 368 g/mol. The van der Waals surface area contributed by atoms with Gasteiger partial charge in [0.15, 0.2) is 0 Å². The minimum absolute atomic E-state index is 0.186. The van der Waals surface area contributed by atoms with E-state index in [1.54, 1.807) is 24.7 Å². The third-order valence-electron chi connectivity index (χ3n) is 5.59. The van der Waals surface area contributed by atoms with Gasteiger partial charge >= 0.3 is 0 Å². The number of primary amides is 1. The molecule has 1 saturated carbocycles. The lowest BCUT2D eigenvalue weighted by atomic mass is 9.95. The number of nitrogens with one attached hydrogen (secondary N) is 1. The fourth-order valence-corrected chi connectivity index (χ4v) is 3.85. The van der Waals surface area contributed by atoms with E-state index in [9.17, 15) is 9.59 Å². The Labute approximate surface area is 167 Å². The molecule has 1 aliphatic rings. The van der Waals surface area contributed by atoms with Crippen molar-refractivity contribution < 1.29 is 9.59 Å². The highest BCUT2D eigenvalue weighted by molar-refractivity contribution is 6.01. The van der Waals surface area contributed by atoms with Crippen LogP contribution in [0, 0.1) is 12.8 Å². The fraction of sp³-hybridized carbons (Fsp3) is 0.286. The first-order valence-corrected chi connectivity index (χ1v) is 9.43. The lowest BCUT2D eigenvalue weighted by Crippen LogP contribution is -2.36. The third-order valence-corrected chi connectivity index (χ3v) is 5.59. The van der Waals surface area contributed by atoms with Crippen molar-refractivity contribution in [2.75, 3.05) is 12.3 Å². The van der Waals surface area contributed by atoms with Crippen molar-refractivity contribution in [2.24, 2.45) is 11.7 Å². The van der Waals surface area contributed by atoms with Gasteiger partial charge in [-0.25, -0.2) is 4.98 Å². The van der Waals surface area contributed by atoms with E-state index in [0.29, 0.717) is 35.6 Å². The zero-order valence-electron chi connectivity index (χ0n) is 16.3. The van der Waals surface area contributed by atoms with Gasteiger partial charge in [-0.05, 0) is 49.4 Å². The quantitative estimate of drug-likeness (QED) is 0.603. The van der Waals surface area contributed by atoms with Crippen LogP contribution in [-0.2, 0) is 15.0 Å². The van der Waals surface area contributed by atoms with Gasteiger partial charge in [-0.3, -0.25) is 19.6 Å². The first-order valence-electron chi connectivity index (χ1n) is 9.43. The normalized spacial score (nSPS) is 20.4. The molecule has 0 bridgehead atoms. The second kappa shape index (κ2) is 6.80. The summed E-state index contributed by atoms with van der Waals surface area (Å²) >= 11 is 0. The summed E-state index contributed by atoms with van der Waals surface area (Å²) in [4.78, 5) is 37.7. The van der Waals surface area contributed by atoms with Gasteiger partial charge in [-0.2, -0.15) is 0 Å². The van der Waals surface area contributed by atoms with Crippen LogP contribution in [0.2, 0.25) is 0 Å². The molecule has 8 nitrogen and oxygen atoms in total. The Balaban J connectivity index is 1.82. The number of nitrogen functional groups attached to an aromatic ring is 1. The summed E-state index contributed by atoms with van der Waals surface area (Å²) < 4.78 is 0. The molecule has 4 rings (SSSR count). The second-order valence-electron chi connectivity index (χ2n) is 7.36. The van der Waals surface area contributed by atoms with Gasteiger partial charge in [0.1, 0.15) is 11.2 Å². The number of nitrogens with two attached hydrogens (primary N) is 2. The maximum Gasteiger partial charge on any atom is 0.230 e. The number of amides is 2. The van der Waals surface area contributed by atoms with Crippen molar-refractivity contribution in [1.29, 1.82) is 0 Å². The van der Waals surface area contributed by atoms with Crippen molar-refractivity contribution in [3.63, 3.8) is 0 Å². The highest BCUT2D eigenvalue weighted by atomic mass is 16.2. The summed E-state index contributed by atoms with van der Waals surface area (Å²) in [5.41, 5.74) is 13.8. The van der Waals surface area contributed by atoms with Crippen LogP contribution in [-0.4, -0.2) is 33.3 Å². The summed E-state index contributed by atoms with van der Waals surface area (Å²) in [5.74, 6) is -0.909. The van der Waals surface area contributed by atoms with Crippen molar-refractivity contribution in [3.8, 4) is 11.3 Å². The molecule has 3 aromatic heterocycles. The molecule has 5 N–H and O–H groups in total. The number of aromatic nitrogens is 3. The number of carbonyl (C=O) groups is 2. The second-order valence-corrected chi connectivity index (χ2v) is 7.36. The van der Waals surface area contributed by atoms with Gasteiger partial charge in [0.05, 0.1) is 17.3 Å². The molecule has 2 unspecified atom stereocenters. The van der Waals surface area contributed by atoms with Crippen LogP contribution >= 0.6 is 0 Å². The largest absolute Gasteiger partial charge is 0.383 e. The SMILES string of the molecule is CCNC(=O)C1CC1(C(N)=O)c1cc2cc(-c3cnccc3C)nc(N)c2cn1. The van der Waals surface area contributed by atoms with Crippen LogP contribution in [0.15, 0.2) is 36.8 Å². The van der Waals surface area contributed by atoms with Crippen molar-refractivity contribution in [3.05, 3.63) is 48.0 Å². The molecule has 148 valence electrons. The Morgan fingerprint density at radius 2 is 2.10 bits per heavy atom. The van der Waals surface area contributed by atoms with Crippen LogP contribution in [0.3, 0.4) is 0 Å². The molecule has 0 saturated heterocycles. The highest BCUT2D eigenvalue weighted by Gasteiger charge is 2.64. The standard InChI is InChI=1S/C21H22N6O2/c1-3-25-19(28)15-8-21(15,20(23)29)17-7-12-6-16(13-9-24-5-4-11(13)2)27-18(22)14(12)10-26-17/h4-7,9-10,15H,3,8H2,1-2H3,(H2,22,27)(H2,23,29)(H,25,28). The van der Waals surface area contributed by atoms with Crippen molar-refractivity contribution in [1.82, 2.24) is 20.3 Å². The molecule has 3 aromatic rings. The average molecular weight is 390 g/mol. The van der Waals surface area contributed by atoms with E-state index in [4.69, 9.17) is 11.5 Å². The molecule has 1 aliphatic carbocycles. The van der Waals surface area contributed by atoms with Gasteiger partial charge in [0.2, 0.25) is 11.8 Å². The number of hydrogen-bond donors (Lipinski definition) is 3. The van der Waals surface area contributed by atoms with Crippen LogP contribution < -0.4 is 16.8 Å². The van der Waals surface area contributed by atoms with E-state index in [-0.39, 0.29) is 5.91 Å². The Hall–Kier alpha value is -3.55. The van der Waals surface area contributed by atoms with Crippen LogP contribution in [0.25, 0.3) is 22.0 Å². The van der Waals surface area contributed by atoms with E-state index in [0.717, 1.165) is 16.5 Å². The lowest BCUT2D eigenvalue weighted by molar-refractivity contribution is -0.126. The number of rotatable bonds is 5. The number of anilines is 1. The van der Waals surface area contributed by atoms with Crippen LogP contribution in [0.4, 0.5) is 5.82 Å². The summed E-state index contributed by atoms with van der Waals surface area (Å²) in [6.45, 7) is 4.30. The fourth-order valence-electron chi connectivity index (χ4n) is 3.85. The van der Waals surface area contributed by atoms with E-state index >= 15 is 0 Å². The van der Waals surface area contributed by atoms with Gasteiger partial charge in [-0.1, -0.05) is 0 Å². The monoisotopic (exact) mass is 390 g/mol. The number of carbonyl (C=O) groups excluding carboxylic acids is 2. The maximum atomic E-state index is 12.3. The third kappa shape index (κ3) is 2.97. The smallest absolute Gasteiger partial charge is 0.230 e. The molecule has 0 radical (unpaired) electrons. The molecule has 3 heterocycles. The summed E-state index contributed by atoms with van der Waals surface area (Å²) in [6, 6.07) is 5.57. The Morgan fingerprint density at radius 3 is 2.79 bits per heavy atom. The Kier molecular flexibility index (Phi) is 4.41. The zero-order chi connectivity index (χ0) is 20.8. The number of pyridine rings is 3. The predicted octanol–water partition coefficient (Wildman–Crippen LogP) is 1.46. The summed E-state index contributed by atoms with van der Waals surface area (Å²) in [6.07, 6.45) is 5.39. The Morgan fingerprint density at radius 1 is 1.31 bits per heavy atom. The number of nitrogens with zero attached hydrogens (tertiary/aromatic N) is 3. The van der Waals surface area contributed by atoms with Gasteiger partial charge in [0.25, 0.3) is 0 Å². The Bertz CT molecular complexity index is 1150. The zero-order valence-corrected chi connectivity index (χ0v) is 16.3. The van der Waals surface area contributed by atoms with Gasteiger partial charge < -0.3 is 16.8 Å². The number of aryl methyl sites for hydroxylation is 1. The summed E-state index contributed by atoms with van der Waals surface area (Å²) in [5, 5.41) is 4.21. The van der Waals surface area contributed by atoms with Crippen LogP contribution in [0.5, 0.6) is 0 Å². The molecule has 0 aliphatic heterocycles. The first-order chi connectivity index (χ1) is 13.9. The predicted molar refractivity (Wildman–Crippen MR) is 110 cm³/mol. The van der Waals surface area contributed by atoms with E-state index in [1.165, 1.54) is 0 Å². The van der Waals surface area contributed by atoms with E-state index in [2.05, 4.69) is 20.3 Å². The van der Waals surface area contributed by atoms with Crippen LogP contribution in [0.1, 0.15) is 24.6 Å². The molecule has 0 aromatic carbocycles. The average Bonchev–Trinajstić information content (AvgIpc) is 3.45. The maximum absolute atomic E-state index is 12.3. The minimum Gasteiger partial charge on any atom is -0.383 e. The van der Waals surface area contributed by atoms with Gasteiger partial charge in [-0.15, -0.1) is 0 Å². The topological polar surface area (TPSA) is 137 Å². The molecule has 8 heteroatoms. The lowest BCUT2D eigenvalue weighted by Gasteiger charge is -2.15. The van der Waals surface area contributed by atoms with Crippen molar-refractivity contribution >= 4 is 28.4 Å². The molecule has 29 heavy (non-hydrogen) atoms. The minimum atomic E-state index is -1.09. The number of hydrogen-bond acceptors (Lipinski definition) is 6.